The summed E-state index contributed by atoms with van der Waals surface area (Å²) in [4.78, 5) is 3.12. The highest BCUT2D eigenvalue weighted by Crippen LogP contribution is 2.15. The average molecular weight is 449 g/mol. The second kappa shape index (κ2) is 10.3. The van der Waals surface area contributed by atoms with Gasteiger partial charge in [-0.25, -0.2) is 18.7 Å². The van der Waals surface area contributed by atoms with Crippen molar-refractivity contribution < 1.29 is 9.13 Å². The summed E-state index contributed by atoms with van der Waals surface area (Å²) < 4.78 is 5.99. The third-order valence-electron chi connectivity index (χ3n) is 5.25. The van der Waals surface area contributed by atoms with E-state index in [1.807, 2.05) is 83.9 Å². The zero-order valence-corrected chi connectivity index (χ0v) is 19.2. The van der Waals surface area contributed by atoms with Gasteiger partial charge in [0, 0.05) is 24.5 Å². The molecule has 0 radical (unpaired) electrons. The van der Waals surface area contributed by atoms with Crippen molar-refractivity contribution in [3.63, 3.8) is 0 Å². The Labute approximate surface area is 193 Å². The Morgan fingerprint density at radius 2 is 1.24 bits per heavy atom. The lowest BCUT2D eigenvalue weighted by Crippen LogP contribution is -2.32. The van der Waals surface area contributed by atoms with E-state index in [-0.39, 0.29) is 0 Å². The first-order valence-corrected chi connectivity index (χ1v) is 10.8. The lowest BCUT2D eigenvalue weighted by atomic mass is 10.2. The first kappa shape index (κ1) is 21.9. The van der Waals surface area contributed by atoms with Gasteiger partial charge in [-0.2, -0.15) is 10.9 Å². The number of H-pyrrole nitrogens is 1. The van der Waals surface area contributed by atoms with E-state index < -0.39 is 0 Å². The monoisotopic (exact) mass is 448 g/mol. The van der Waals surface area contributed by atoms with Gasteiger partial charge in [-0.1, -0.05) is 0 Å². The van der Waals surface area contributed by atoms with E-state index in [0.717, 1.165) is 47.7 Å². The number of hydrogen-bond acceptors (Lipinski definition) is 6. The predicted octanol–water partition coefficient (Wildman–Crippen LogP) is 2.40. The molecule has 0 saturated carbocycles. The molecule has 10 heteroatoms. The Kier molecular flexibility index (Phi) is 6.84. The normalized spacial score (nSPS) is 10.5. The molecule has 0 aliphatic heterocycles. The molecule has 0 aliphatic carbocycles. The Morgan fingerprint density at radius 1 is 0.697 bits per heavy atom. The number of rotatable bonds is 11. The summed E-state index contributed by atoms with van der Waals surface area (Å²) >= 11 is 0. The van der Waals surface area contributed by atoms with Crippen LogP contribution in [0.3, 0.4) is 0 Å². The van der Waals surface area contributed by atoms with Gasteiger partial charge in [0.2, 0.25) is 0 Å². The maximum atomic E-state index is 3.44. The molecule has 7 N–H and O–H groups in total. The molecule has 2 aromatic carbocycles. The molecule has 0 fully saturated rings. The van der Waals surface area contributed by atoms with Crippen LogP contribution < -0.4 is 41.5 Å². The van der Waals surface area contributed by atoms with Crippen LogP contribution in [0.25, 0.3) is 0 Å². The minimum Gasteiger partial charge on any atom is -0.383 e. The Hall–Kier alpha value is -4.34. The van der Waals surface area contributed by atoms with Crippen molar-refractivity contribution in [2.24, 2.45) is 21.1 Å². The summed E-state index contributed by atoms with van der Waals surface area (Å²) in [5, 5.41) is 6.87. The van der Waals surface area contributed by atoms with Crippen molar-refractivity contribution in [1.29, 1.82) is 0 Å². The molecule has 10 nitrogen and oxygen atoms in total. The number of nitrogens with one attached hydrogen (secondary N) is 7. The van der Waals surface area contributed by atoms with Gasteiger partial charge in [0.25, 0.3) is 0 Å². The number of nitrogens with zero attached hydrogens (tertiary/aromatic N) is 3. The maximum absolute atomic E-state index is 3.44. The van der Waals surface area contributed by atoms with Crippen LogP contribution in [-0.4, -0.2) is 22.6 Å². The van der Waals surface area contributed by atoms with Crippen molar-refractivity contribution in [2.45, 2.75) is 0 Å². The highest BCUT2D eigenvalue weighted by molar-refractivity contribution is 5.56. The van der Waals surface area contributed by atoms with Gasteiger partial charge < -0.3 is 10.6 Å². The van der Waals surface area contributed by atoms with Gasteiger partial charge in [0.15, 0.2) is 0 Å². The largest absolute Gasteiger partial charge is 0.383 e. The molecule has 4 aromatic rings. The van der Waals surface area contributed by atoms with Gasteiger partial charge in [-0.3, -0.25) is 10.9 Å². The van der Waals surface area contributed by atoms with Crippen LogP contribution in [0.4, 0.5) is 34.6 Å². The summed E-state index contributed by atoms with van der Waals surface area (Å²) in [7, 11) is 5.97. The molecule has 0 amide bonds. The van der Waals surface area contributed by atoms with Gasteiger partial charge in [0.1, 0.15) is 0 Å². The van der Waals surface area contributed by atoms with E-state index in [9.17, 15) is 0 Å². The third-order valence-corrected chi connectivity index (χ3v) is 5.25. The number of benzene rings is 2. The van der Waals surface area contributed by atoms with Crippen LogP contribution in [-0.2, 0) is 21.1 Å². The fourth-order valence-electron chi connectivity index (χ4n) is 3.31. The van der Waals surface area contributed by atoms with Crippen molar-refractivity contribution in [3.05, 3.63) is 73.3 Å². The van der Waals surface area contributed by atoms with Gasteiger partial charge in [0.05, 0.1) is 57.3 Å². The number of hydrogen-bond donors (Lipinski definition) is 7. The topological polar surface area (TPSA) is 101 Å². The highest BCUT2D eigenvalue weighted by Gasteiger charge is 2.09. The first-order chi connectivity index (χ1) is 16.1. The molecular formula is C23H32N10+2. The first-order valence-electron chi connectivity index (χ1n) is 10.8. The lowest BCUT2D eigenvalue weighted by Gasteiger charge is -2.11. The molecule has 0 saturated heterocycles. The van der Waals surface area contributed by atoms with Gasteiger partial charge in [-0.15, -0.1) is 0 Å². The second-order valence-electron chi connectivity index (χ2n) is 7.77. The minimum atomic E-state index is 0.814. The van der Waals surface area contributed by atoms with E-state index in [1.165, 1.54) is 0 Å². The molecule has 0 spiro atoms. The molecule has 2 heterocycles. The fraction of sp³-hybridized carbons (Fsp3) is 0.217. The zero-order valence-electron chi connectivity index (χ0n) is 19.2. The maximum Gasteiger partial charge on any atom is 0.378 e. The van der Waals surface area contributed by atoms with Crippen molar-refractivity contribution in [2.75, 3.05) is 45.4 Å². The Morgan fingerprint density at radius 3 is 1.73 bits per heavy atom. The number of anilines is 6. The molecule has 0 aliphatic rings. The molecule has 4 rings (SSSR count). The Bertz CT molecular complexity index is 1130. The molecule has 2 aromatic heterocycles. The standard InChI is InChI=1S/C23H30N10/c1-31-15-14-26-22(31)29-27-20-8-4-18(5-9-20)24-12-13-25-19-6-10-21(11-7-19)28-30-23-32(2)16-17-33(23)3/h4-11,14-17,24-25,27-28H,12-13H2,1-3H3,(H,26,29)/p+2. The van der Waals surface area contributed by atoms with Crippen LogP contribution >= 0.6 is 0 Å². The van der Waals surface area contributed by atoms with Gasteiger partial charge in [-0.05, 0) is 48.5 Å². The smallest absolute Gasteiger partial charge is 0.378 e. The van der Waals surface area contributed by atoms with Crippen LogP contribution in [0.5, 0.6) is 0 Å². The SMILES string of the molecule is Cn1cc[n+](C)c1NNc1ccc(NCCNc2ccc(NNc3[nH]cc[n+]3C)cc2)cc1. The average Bonchev–Trinajstić information content (AvgIpc) is 3.39. The molecule has 0 unspecified atom stereocenters. The van der Waals surface area contributed by atoms with Crippen molar-refractivity contribution >= 4 is 34.6 Å². The number of aromatic amines is 1. The van der Waals surface area contributed by atoms with E-state index in [1.54, 1.807) is 0 Å². The van der Waals surface area contributed by atoms with E-state index in [0.29, 0.717) is 0 Å². The zero-order chi connectivity index (χ0) is 23.0. The molecule has 0 bridgehead atoms. The molecular weight excluding hydrogens is 416 g/mol. The number of aromatic nitrogens is 4. The fourth-order valence-corrected chi connectivity index (χ4v) is 3.31. The molecule has 0 atom stereocenters. The van der Waals surface area contributed by atoms with Crippen LogP contribution in [0.1, 0.15) is 0 Å². The summed E-state index contributed by atoms with van der Waals surface area (Å²) in [5.41, 5.74) is 16.9. The number of imidazole rings is 2. The van der Waals surface area contributed by atoms with Crippen LogP contribution in [0, 0.1) is 0 Å². The van der Waals surface area contributed by atoms with Crippen molar-refractivity contribution in [3.8, 4) is 0 Å². The molecule has 33 heavy (non-hydrogen) atoms. The van der Waals surface area contributed by atoms with Gasteiger partial charge >= 0.3 is 11.9 Å². The predicted molar refractivity (Wildman–Crippen MR) is 133 cm³/mol. The quantitative estimate of drug-likeness (QED) is 0.108. The van der Waals surface area contributed by atoms with Crippen LogP contribution in [0.15, 0.2) is 73.3 Å². The minimum absolute atomic E-state index is 0.814. The number of aryl methyl sites for hydroxylation is 3. The lowest BCUT2D eigenvalue weighted by molar-refractivity contribution is -0.656. The van der Waals surface area contributed by atoms with Crippen LogP contribution in [0.2, 0.25) is 0 Å². The van der Waals surface area contributed by atoms with E-state index >= 15 is 0 Å². The van der Waals surface area contributed by atoms with E-state index in [4.69, 9.17) is 0 Å². The third kappa shape index (κ3) is 5.88. The summed E-state index contributed by atoms with van der Waals surface area (Å²) in [6.07, 6.45) is 7.82. The molecule has 172 valence electrons. The summed E-state index contributed by atoms with van der Waals surface area (Å²) in [6, 6.07) is 16.4. The summed E-state index contributed by atoms with van der Waals surface area (Å²) in [6.45, 7) is 1.63. The van der Waals surface area contributed by atoms with Crippen molar-refractivity contribution in [1.82, 2.24) is 9.55 Å². The second-order valence-corrected chi connectivity index (χ2v) is 7.77. The number of hydrazine groups is 2. The summed E-state index contributed by atoms with van der Waals surface area (Å²) in [5.74, 6) is 1.85. The highest BCUT2D eigenvalue weighted by atomic mass is 15.4. The Balaban J connectivity index is 1.16. The van der Waals surface area contributed by atoms with E-state index in [2.05, 4.69) is 61.6 Å².